The van der Waals surface area contributed by atoms with Crippen molar-refractivity contribution >= 4 is 21.7 Å². The first kappa shape index (κ1) is 19.4. The fraction of sp³-hybridized carbons (Fsp3) is 0.500. The van der Waals surface area contributed by atoms with E-state index in [9.17, 15) is 22.8 Å². The number of carbonyl (C=O) groups excluding carboxylic acids is 1. The maximum absolute atomic E-state index is 13.6. The van der Waals surface area contributed by atoms with Gasteiger partial charge in [0.1, 0.15) is 11.6 Å². The molecule has 0 spiro atoms. The van der Waals surface area contributed by atoms with Gasteiger partial charge < -0.3 is 5.32 Å². The van der Waals surface area contributed by atoms with E-state index in [1.54, 1.807) is 0 Å². The molecule has 2 aliphatic rings. The average molecular weight is 459 g/mol. The Hall–Kier alpha value is -1.94. The molecule has 2 N–H and O–H groups in total. The lowest BCUT2D eigenvalue weighted by atomic mass is 9.77. The van der Waals surface area contributed by atoms with Crippen molar-refractivity contribution in [2.45, 2.75) is 31.9 Å². The van der Waals surface area contributed by atoms with Gasteiger partial charge in [-0.3, -0.25) is 4.79 Å². The summed E-state index contributed by atoms with van der Waals surface area (Å²) >= 11 is 3.05. The molecule has 2 fully saturated rings. The van der Waals surface area contributed by atoms with Gasteiger partial charge in [-0.2, -0.15) is 18.3 Å². The second-order valence-corrected chi connectivity index (χ2v) is 8.38. The van der Waals surface area contributed by atoms with E-state index >= 15 is 0 Å². The van der Waals surface area contributed by atoms with Crippen molar-refractivity contribution < 1.29 is 18.0 Å². The van der Waals surface area contributed by atoms with Crippen LogP contribution in [-0.2, 0) is 17.4 Å². The highest BCUT2D eigenvalue weighted by Gasteiger charge is 2.48. The Morgan fingerprint density at radius 1 is 1.36 bits per heavy atom. The summed E-state index contributed by atoms with van der Waals surface area (Å²) in [6, 6.07) is 3.60. The van der Waals surface area contributed by atoms with Crippen LogP contribution in [0.2, 0.25) is 0 Å². The molecule has 1 saturated heterocycles. The van der Waals surface area contributed by atoms with Gasteiger partial charge in [-0.25, -0.2) is 14.5 Å². The number of H-pyrrole nitrogens is 1. The first-order valence-corrected chi connectivity index (χ1v) is 9.79. The maximum Gasteiger partial charge on any atom is 0.418 e. The predicted molar refractivity (Wildman–Crippen MR) is 98.2 cm³/mol. The number of aromatic amines is 1. The Balaban J connectivity index is 1.79. The topological polar surface area (TPSA) is 79.8 Å². The Morgan fingerprint density at radius 2 is 2.11 bits per heavy atom. The SMILES string of the molecule is O=C(C1CC1)[C@]1(Cc2n[nH]c(=O)n2-c2ccc(Br)cc2C(F)(F)F)CCNC1. The highest BCUT2D eigenvalue weighted by atomic mass is 79.9. The summed E-state index contributed by atoms with van der Waals surface area (Å²) in [5, 5.41) is 9.40. The molecule has 10 heteroatoms. The Morgan fingerprint density at radius 3 is 2.71 bits per heavy atom. The second kappa shape index (κ2) is 6.84. The van der Waals surface area contributed by atoms with E-state index < -0.39 is 22.8 Å². The molecule has 0 unspecified atom stereocenters. The molecule has 4 rings (SSSR count). The van der Waals surface area contributed by atoms with Gasteiger partial charge in [-0.05, 0) is 44.0 Å². The summed E-state index contributed by atoms with van der Waals surface area (Å²) in [6.07, 6.45) is -2.27. The number of Topliss-reactive ketones (excluding diaryl/α,β-unsaturated/α-hetero) is 1. The molecule has 28 heavy (non-hydrogen) atoms. The van der Waals surface area contributed by atoms with E-state index in [1.165, 1.54) is 12.1 Å². The van der Waals surface area contributed by atoms with E-state index in [-0.39, 0.29) is 34.1 Å². The molecule has 1 aliphatic heterocycles. The van der Waals surface area contributed by atoms with Crippen LogP contribution in [0.5, 0.6) is 0 Å². The summed E-state index contributed by atoms with van der Waals surface area (Å²) in [7, 11) is 0. The summed E-state index contributed by atoms with van der Waals surface area (Å²) < 4.78 is 41.9. The van der Waals surface area contributed by atoms with Gasteiger partial charge in [0.15, 0.2) is 0 Å². The standard InChI is InChI=1S/C18H18BrF3N4O2/c19-11-3-4-13(12(7-11)18(20,21)22)26-14(24-25-16(26)28)8-17(5-6-23-9-17)15(27)10-1-2-10/h3-4,7,10,23H,1-2,5-6,8-9H2,(H,25,28)/t17-/m0/s1. The molecule has 1 aromatic heterocycles. The molecule has 150 valence electrons. The van der Waals surface area contributed by atoms with Crippen LogP contribution in [0, 0.1) is 11.3 Å². The highest BCUT2D eigenvalue weighted by Crippen LogP contribution is 2.42. The molecule has 1 atom stereocenters. The summed E-state index contributed by atoms with van der Waals surface area (Å²) in [5.41, 5.74) is -2.75. The van der Waals surface area contributed by atoms with Gasteiger partial charge in [-0.15, -0.1) is 0 Å². The third kappa shape index (κ3) is 3.43. The van der Waals surface area contributed by atoms with Crippen molar-refractivity contribution in [2.24, 2.45) is 11.3 Å². The van der Waals surface area contributed by atoms with Gasteiger partial charge in [0, 0.05) is 28.8 Å². The average Bonchev–Trinajstić information content (AvgIpc) is 3.27. The maximum atomic E-state index is 13.6. The summed E-state index contributed by atoms with van der Waals surface area (Å²) in [4.78, 5) is 25.3. The van der Waals surface area contributed by atoms with E-state index in [0.29, 0.717) is 19.5 Å². The zero-order chi connectivity index (χ0) is 20.1. The number of hydrogen-bond acceptors (Lipinski definition) is 4. The number of halogens is 4. The summed E-state index contributed by atoms with van der Waals surface area (Å²) in [5.74, 6) is 0.263. The van der Waals surface area contributed by atoms with Gasteiger partial charge in [0.25, 0.3) is 0 Å². The molecule has 1 saturated carbocycles. The third-order valence-corrected chi connectivity index (χ3v) is 5.95. The van der Waals surface area contributed by atoms with Crippen molar-refractivity contribution in [1.29, 1.82) is 0 Å². The smallest absolute Gasteiger partial charge is 0.316 e. The van der Waals surface area contributed by atoms with Gasteiger partial charge in [-0.1, -0.05) is 15.9 Å². The zero-order valence-corrected chi connectivity index (χ0v) is 16.4. The highest BCUT2D eigenvalue weighted by molar-refractivity contribution is 9.10. The van der Waals surface area contributed by atoms with Gasteiger partial charge in [0.2, 0.25) is 0 Å². The molecule has 0 radical (unpaired) electrons. The first-order valence-electron chi connectivity index (χ1n) is 9.00. The number of carbonyl (C=O) groups is 1. The van der Waals surface area contributed by atoms with Crippen molar-refractivity contribution in [3.63, 3.8) is 0 Å². The van der Waals surface area contributed by atoms with E-state index in [0.717, 1.165) is 23.5 Å². The van der Waals surface area contributed by atoms with Crippen LogP contribution in [-0.4, -0.2) is 33.6 Å². The minimum atomic E-state index is -4.65. The minimum Gasteiger partial charge on any atom is -0.316 e. The predicted octanol–water partition coefficient (Wildman–Crippen LogP) is 2.84. The fourth-order valence-electron chi connectivity index (χ4n) is 3.90. The van der Waals surface area contributed by atoms with E-state index in [1.807, 2.05) is 0 Å². The fourth-order valence-corrected chi connectivity index (χ4v) is 4.26. The van der Waals surface area contributed by atoms with Gasteiger partial charge >= 0.3 is 11.9 Å². The Bertz CT molecular complexity index is 972. The van der Waals surface area contributed by atoms with Crippen LogP contribution in [0.1, 0.15) is 30.7 Å². The number of aromatic nitrogens is 3. The molecule has 1 aromatic carbocycles. The van der Waals surface area contributed by atoms with E-state index in [4.69, 9.17) is 0 Å². The number of rotatable bonds is 5. The van der Waals surface area contributed by atoms with Gasteiger partial charge in [0.05, 0.1) is 11.3 Å². The summed E-state index contributed by atoms with van der Waals surface area (Å²) in [6.45, 7) is 1.09. The van der Waals surface area contributed by atoms with Crippen LogP contribution in [0.15, 0.2) is 27.5 Å². The zero-order valence-electron chi connectivity index (χ0n) is 14.8. The molecular weight excluding hydrogens is 441 g/mol. The Kier molecular flexibility index (Phi) is 4.73. The Labute approximate surface area is 166 Å². The van der Waals surface area contributed by atoms with Crippen molar-refractivity contribution in [3.05, 3.63) is 44.5 Å². The number of hydrogen-bond donors (Lipinski definition) is 2. The quantitative estimate of drug-likeness (QED) is 0.721. The number of benzene rings is 1. The van der Waals surface area contributed by atoms with Crippen LogP contribution >= 0.6 is 15.9 Å². The molecule has 2 aromatic rings. The van der Waals surface area contributed by atoms with Crippen molar-refractivity contribution in [2.75, 3.05) is 13.1 Å². The van der Waals surface area contributed by atoms with Crippen molar-refractivity contribution in [1.82, 2.24) is 20.1 Å². The molecule has 1 aliphatic carbocycles. The lowest BCUT2D eigenvalue weighted by Gasteiger charge is -2.26. The molecule has 2 heterocycles. The largest absolute Gasteiger partial charge is 0.418 e. The number of ketones is 1. The minimum absolute atomic E-state index is 0.0115. The van der Waals surface area contributed by atoms with Crippen LogP contribution in [0.25, 0.3) is 5.69 Å². The molecular formula is C18H18BrF3N4O2. The lowest BCUT2D eigenvalue weighted by Crippen LogP contribution is -2.38. The number of nitrogens with zero attached hydrogens (tertiary/aromatic N) is 2. The second-order valence-electron chi connectivity index (χ2n) is 7.46. The van der Waals surface area contributed by atoms with Crippen LogP contribution in [0.4, 0.5) is 13.2 Å². The van der Waals surface area contributed by atoms with Crippen molar-refractivity contribution in [3.8, 4) is 5.69 Å². The van der Waals surface area contributed by atoms with Crippen LogP contribution < -0.4 is 11.0 Å². The monoisotopic (exact) mass is 458 g/mol. The molecule has 0 bridgehead atoms. The number of nitrogens with one attached hydrogen (secondary N) is 2. The molecule has 6 nitrogen and oxygen atoms in total. The first-order chi connectivity index (χ1) is 13.2. The third-order valence-electron chi connectivity index (χ3n) is 5.46. The van der Waals surface area contributed by atoms with Crippen LogP contribution in [0.3, 0.4) is 0 Å². The normalized spacial score (nSPS) is 22.6. The van der Waals surface area contributed by atoms with E-state index in [2.05, 4.69) is 31.4 Å². The number of alkyl halides is 3. The molecule has 0 amide bonds. The lowest BCUT2D eigenvalue weighted by molar-refractivity contribution is -0.137.